The van der Waals surface area contributed by atoms with Crippen molar-refractivity contribution < 1.29 is 9.84 Å². The Morgan fingerprint density at radius 1 is 1.29 bits per heavy atom. The Bertz CT molecular complexity index is 767. The summed E-state index contributed by atoms with van der Waals surface area (Å²) in [5, 5.41) is 16.0. The molecule has 108 valence electrons. The van der Waals surface area contributed by atoms with Gasteiger partial charge in [0.2, 0.25) is 0 Å². The molecular formula is C16H17N3O2. The van der Waals surface area contributed by atoms with Gasteiger partial charge in [-0.05, 0) is 19.1 Å². The highest BCUT2D eigenvalue weighted by atomic mass is 16.5. The third-order valence-corrected chi connectivity index (χ3v) is 3.41. The quantitative estimate of drug-likeness (QED) is 0.799. The number of aliphatic hydroxyl groups excluding tert-OH is 1. The molecule has 3 aromatic rings. The van der Waals surface area contributed by atoms with E-state index in [0.29, 0.717) is 23.6 Å². The Morgan fingerprint density at radius 2 is 2.10 bits per heavy atom. The van der Waals surface area contributed by atoms with Crippen LogP contribution in [0.1, 0.15) is 24.3 Å². The molecule has 0 aliphatic heterocycles. The molecule has 0 aliphatic carbocycles. The second-order valence-corrected chi connectivity index (χ2v) is 4.82. The highest BCUT2D eigenvalue weighted by Crippen LogP contribution is 2.28. The van der Waals surface area contributed by atoms with Crippen molar-refractivity contribution in [1.82, 2.24) is 14.8 Å². The second-order valence-electron chi connectivity index (χ2n) is 4.82. The maximum Gasteiger partial charge on any atom is 0.137 e. The first-order valence-corrected chi connectivity index (χ1v) is 6.88. The standard InChI is InChI=1S/C16H17N3O2/c1-3-21-12-8-11(9-17-10-12)16(20)15-13-6-4-5-7-14(13)19(2)18-15/h4-10,16,20H,3H2,1-2H3. The van der Waals surface area contributed by atoms with Gasteiger partial charge in [-0.15, -0.1) is 0 Å². The van der Waals surface area contributed by atoms with E-state index >= 15 is 0 Å². The number of aryl methyl sites for hydroxylation is 1. The first-order chi connectivity index (χ1) is 10.2. The fourth-order valence-electron chi connectivity index (χ4n) is 2.43. The summed E-state index contributed by atoms with van der Waals surface area (Å²) in [5.41, 5.74) is 2.29. The highest BCUT2D eigenvalue weighted by molar-refractivity contribution is 5.82. The summed E-state index contributed by atoms with van der Waals surface area (Å²) >= 11 is 0. The largest absolute Gasteiger partial charge is 0.492 e. The molecule has 1 unspecified atom stereocenters. The van der Waals surface area contributed by atoms with Gasteiger partial charge in [0.1, 0.15) is 17.5 Å². The number of rotatable bonds is 4. The highest BCUT2D eigenvalue weighted by Gasteiger charge is 2.19. The minimum atomic E-state index is -0.830. The van der Waals surface area contributed by atoms with Crippen molar-refractivity contribution in [3.63, 3.8) is 0 Å². The van der Waals surface area contributed by atoms with Crippen LogP contribution in [-0.2, 0) is 7.05 Å². The van der Waals surface area contributed by atoms with Crippen molar-refractivity contribution in [2.24, 2.45) is 7.05 Å². The van der Waals surface area contributed by atoms with Crippen LogP contribution < -0.4 is 4.74 Å². The van der Waals surface area contributed by atoms with Crippen molar-refractivity contribution in [3.05, 3.63) is 54.0 Å². The molecule has 1 N–H and O–H groups in total. The minimum absolute atomic E-state index is 0.563. The molecule has 5 heteroatoms. The third-order valence-electron chi connectivity index (χ3n) is 3.41. The minimum Gasteiger partial charge on any atom is -0.492 e. The van der Waals surface area contributed by atoms with Crippen LogP contribution in [0.25, 0.3) is 10.9 Å². The fraction of sp³-hybridized carbons (Fsp3) is 0.250. The summed E-state index contributed by atoms with van der Waals surface area (Å²) < 4.78 is 7.20. The molecule has 0 amide bonds. The Balaban J connectivity index is 2.04. The Kier molecular flexibility index (Phi) is 3.58. The molecule has 5 nitrogen and oxygen atoms in total. The van der Waals surface area contributed by atoms with E-state index < -0.39 is 6.10 Å². The molecule has 0 bridgehead atoms. The predicted octanol–water partition coefficient (Wildman–Crippen LogP) is 2.45. The molecule has 3 rings (SSSR count). The Morgan fingerprint density at radius 3 is 2.90 bits per heavy atom. The van der Waals surface area contributed by atoms with Crippen LogP contribution in [0.4, 0.5) is 0 Å². The molecule has 1 aromatic carbocycles. The van der Waals surface area contributed by atoms with Crippen LogP contribution in [0.15, 0.2) is 42.7 Å². The monoisotopic (exact) mass is 283 g/mol. The summed E-state index contributed by atoms with van der Waals surface area (Å²) in [6.07, 6.45) is 2.44. The maximum absolute atomic E-state index is 10.6. The average Bonchev–Trinajstić information content (AvgIpc) is 2.85. The van der Waals surface area contributed by atoms with Gasteiger partial charge in [0.05, 0.1) is 18.3 Å². The fourth-order valence-corrected chi connectivity index (χ4v) is 2.43. The number of benzene rings is 1. The third kappa shape index (κ3) is 2.48. The number of para-hydroxylation sites is 1. The summed E-state index contributed by atoms with van der Waals surface area (Å²) in [6, 6.07) is 9.63. The van der Waals surface area contributed by atoms with Crippen LogP contribution >= 0.6 is 0 Å². The van der Waals surface area contributed by atoms with E-state index in [-0.39, 0.29) is 0 Å². The van der Waals surface area contributed by atoms with Crippen LogP contribution in [0, 0.1) is 0 Å². The average molecular weight is 283 g/mol. The van der Waals surface area contributed by atoms with Gasteiger partial charge in [0.25, 0.3) is 0 Å². The summed E-state index contributed by atoms with van der Waals surface area (Å²) in [7, 11) is 1.87. The SMILES string of the molecule is CCOc1cncc(C(O)c2nn(C)c3ccccc23)c1. The van der Waals surface area contributed by atoms with Crippen LogP contribution in [0.2, 0.25) is 0 Å². The first kappa shape index (κ1) is 13.6. The number of aliphatic hydroxyl groups is 1. The lowest BCUT2D eigenvalue weighted by Crippen LogP contribution is -2.03. The molecule has 0 saturated heterocycles. The number of hydrogen-bond acceptors (Lipinski definition) is 4. The number of nitrogens with zero attached hydrogens (tertiary/aromatic N) is 3. The molecule has 2 aromatic heterocycles. The van der Waals surface area contributed by atoms with Gasteiger partial charge in [0.15, 0.2) is 0 Å². The van der Waals surface area contributed by atoms with E-state index in [1.165, 1.54) is 0 Å². The van der Waals surface area contributed by atoms with Gasteiger partial charge < -0.3 is 9.84 Å². The zero-order valence-corrected chi connectivity index (χ0v) is 12.0. The van der Waals surface area contributed by atoms with Crippen molar-refractivity contribution >= 4 is 10.9 Å². The molecule has 0 spiro atoms. The molecule has 21 heavy (non-hydrogen) atoms. The second kappa shape index (κ2) is 5.54. The van der Waals surface area contributed by atoms with Crippen LogP contribution in [-0.4, -0.2) is 26.5 Å². The van der Waals surface area contributed by atoms with E-state index in [4.69, 9.17) is 4.74 Å². The first-order valence-electron chi connectivity index (χ1n) is 6.88. The van der Waals surface area contributed by atoms with Crippen LogP contribution in [0.3, 0.4) is 0 Å². The van der Waals surface area contributed by atoms with Gasteiger partial charge in [-0.25, -0.2) is 0 Å². The predicted molar refractivity (Wildman–Crippen MR) is 80.2 cm³/mol. The normalized spacial score (nSPS) is 12.5. The van der Waals surface area contributed by atoms with Gasteiger partial charge in [-0.1, -0.05) is 18.2 Å². The molecule has 0 radical (unpaired) electrons. The maximum atomic E-state index is 10.6. The van der Waals surface area contributed by atoms with Crippen molar-refractivity contribution in [1.29, 1.82) is 0 Å². The van der Waals surface area contributed by atoms with Gasteiger partial charge in [-0.2, -0.15) is 5.10 Å². The smallest absolute Gasteiger partial charge is 0.137 e. The molecule has 1 atom stereocenters. The van der Waals surface area contributed by atoms with E-state index in [1.54, 1.807) is 23.1 Å². The zero-order chi connectivity index (χ0) is 14.8. The molecular weight excluding hydrogens is 266 g/mol. The Hall–Kier alpha value is -2.40. The van der Waals surface area contributed by atoms with Crippen LogP contribution in [0.5, 0.6) is 5.75 Å². The number of aromatic nitrogens is 3. The number of pyridine rings is 1. The van der Waals surface area contributed by atoms with Gasteiger partial charge >= 0.3 is 0 Å². The lowest BCUT2D eigenvalue weighted by Gasteiger charge is -2.10. The topological polar surface area (TPSA) is 60.2 Å². The number of hydrogen-bond donors (Lipinski definition) is 1. The van der Waals surface area contributed by atoms with Gasteiger partial charge in [-0.3, -0.25) is 9.67 Å². The number of fused-ring (bicyclic) bond motifs is 1. The van der Waals surface area contributed by atoms with E-state index in [0.717, 1.165) is 10.9 Å². The molecule has 0 fully saturated rings. The lowest BCUT2D eigenvalue weighted by atomic mass is 10.1. The molecule has 0 aliphatic rings. The molecule has 2 heterocycles. The zero-order valence-electron chi connectivity index (χ0n) is 12.0. The summed E-state index contributed by atoms with van der Waals surface area (Å²) in [4.78, 5) is 4.12. The van der Waals surface area contributed by atoms with Crippen molar-refractivity contribution in [2.75, 3.05) is 6.61 Å². The summed E-state index contributed by atoms with van der Waals surface area (Å²) in [6.45, 7) is 2.48. The number of ether oxygens (including phenoxy) is 1. The van der Waals surface area contributed by atoms with Gasteiger partial charge in [0, 0.05) is 24.2 Å². The van der Waals surface area contributed by atoms with Crippen molar-refractivity contribution in [2.45, 2.75) is 13.0 Å². The summed E-state index contributed by atoms with van der Waals surface area (Å²) in [5.74, 6) is 0.647. The van der Waals surface area contributed by atoms with E-state index in [2.05, 4.69) is 10.1 Å². The Labute approximate surface area is 122 Å². The van der Waals surface area contributed by atoms with E-state index in [1.807, 2.05) is 38.2 Å². The van der Waals surface area contributed by atoms with Crippen molar-refractivity contribution in [3.8, 4) is 5.75 Å². The van der Waals surface area contributed by atoms with E-state index in [9.17, 15) is 5.11 Å². The molecule has 0 saturated carbocycles. The lowest BCUT2D eigenvalue weighted by molar-refractivity contribution is 0.214.